The Morgan fingerprint density at radius 3 is 1.75 bits per heavy atom. The lowest BCUT2D eigenvalue weighted by atomic mass is 10.2. The Morgan fingerprint density at radius 2 is 1.50 bits per heavy atom. The molecular weight excluding hydrogens is 144 g/mol. The molecule has 0 atom stereocenters. The van der Waals surface area contributed by atoms with Gasteiger partial charge in [-0.2, -0.15) is 0 Å². The van der Waals surface area contributed by atoms with E-state index in [9.17, 15) is 0 Å². The van der Waals surface area contributed by atoms with Crippen molar-refractivity contribution >= 4 is 0 Å². The lowest BCUT2D eigenvalue weighted by Crippen LogP contribution is -1.62. The molecule has 0 bridgehead atoms. The highest BCUT2D eigenvalue weighted by atomic mass is 13.8. The number of rotatable bonds is 0. The van der Waals surface area contributed by atoms with E-state index in [1.54, 1.807) is 0 Å². The molecule has 1 aromatic rings. The third-order valence-electron chi connectivity index (χ3n) is 1.60. The topological polar surface area (TPSA) is 0 Å². The summed E-state index contributed by atoms with van der Waals surface area (Å²) in [4.78, 5) is 0. The molecule has 0 fully saturated rings. The van der Waals surface area contributed by atoms with Crippen LogP contribution < -0.4 is 0 Å². The highest BCUT2D eigenvalue weighted by molar-refractivity contribution is 5.12. The second-order valence-corrected chi connectivity index (χ2v) is 2.75. The average molecular weight is 158 g/mol. The van der Waals surface area contributed by atoms with Crippen LogP contribution >= 0.6 is 0 Å². The van der Waals surface area contributed by atoms with E-state index in [0.29, 0.717) is 0 Å². The van der Waals surface area contributed by atoms with Gasteiger partial charge in [-0.1, -0.05) is 60.2 Å². The lowest BCUT2D eigenvalue weighted by molar-refractivity contribution is 1.45. The van der Waals surface area contributed by atoms with Gasteiger partial charge < -0.3 is 0 Å². The van der Waals surface area contributed by atoms with E-state index in [4.69, 9.17) is 0 Å². The summed E-state index contributed by atoms with van der Waals surface area (Å²) in [5.41, 5.74) is 1.32. The van der Waals surface area contributed by atoms with E-state index in [2.05, 4.69) is 43.4 Å². The van der Waals surface area contributed by atoms with Gasteiger partial charge in [0.1, 0.15) is 0 Å². The van der Waals surface area contributed by atoms with E-state index in [1.807, 2.05) is 18.2 Å². The molecule has 0 aliphatic heterocycles. The van der Waals surface area contributed by atoms with Crippen molar-refractivity contribution in [3.8, 4) is 0 Å². The maximum absolute atomic E-state index is 2.12. The molecule has 0 N–H and O–H groups in total. The quantitative estimate of drug-likeness (QED) is 0.542. The summed E-state index contributed by atoms with van der Waals surface area (Å²) in [6, 6.07) is 10.3. The number of benzene rings is 1. The largest absolute Gasteiger partial charge is 0.0808 e. The fourth-order valence-electron chi connectivity index (χ4n) is 0.927. The minimum absolute atomic E-state index is 1.14. The number of hydrogen-bond donors (Lipinski definition) is 0. The van der Waals surface area contributed by atoms with Gasteiger partial charge in [-0.3, -0.25) is 0 Å². The number of aryl methyl sites for hydroxylation is 1. The Labute approximate surface area is 74.2 Å². The second-order valence-electron chi connectivity index (χ2n) is 2.75. The smallest absolute Gasteiger partial charge is 0.0163 e. The summed E-state index contributed by atoms with van der Waals surface area (Å²) in [5.74, 6) is 0. The monoisotopic (exact) mass is 158 g/mol. The summed E-state index contributed by atoms with van der Waals surface area (Å²) >= 11 is 0. The molecule has 0 heteroatoms. The first-order chi connectivity index (χ1) is 5.89. The van der Waals surface area contributed by atoms with Crippen molar-refractivity contribution in [2.45, 2.75) is 13.3 Å². The number of allylic oxidation sites excluding steroid dienone is 4. The van der Waals surface area contributed by atoms with Crippen LogP contribution in [0.15, 0.2) is 54.6 Å². The van der Waals surface area contributed by atoms with Crippen LogP contribution in [0.25, 0.3) is 0 Å². The summed E-state index contributed by atoms with van der Waals surface area (Å²) in [6.45, 7) is 2.08. The Morgan fingerprint density at radius 1 is 0.917 bits per heavy atom. The zero-order chi connectivity index (χ0) is 8.65. The third-order valence-corrected chi connectivity index (χ3v) is 1.60. The van der Waals surface area contributed by atoms with Crippen molar-refractivity contribution in [1.82, 2.24) is 0 Å². The molecule has 62 valence electrons. The van der Waals surface area contributed by atoms with Crippen LogP contribution in [-0.4, -0.2) is 0 Å². The number of hydrogen-bond acceptors (Lipinski definition) is 0. The zero-order valence-electron chi connectivity index (χ0n) is 7.40. The molecule has 1 aliphatic rings. The molecule has 1 aliphatic carbocycles. The summed E-state index contributed by atoms with van der Waals surface area (Å²) in [5, 5.41) is 0. The van der Waals surface area contributed by atoms with E-state index in [-0.39, 0.29) is 0 Å². The van der Waals surface area contributed by atoms with Gasteiger partial charge in [0.15, 0.2) is 0 Å². The van der Waals surface area contributed by atoms with E-state index in [1.165, 1.54) is 5.56 Å². The van der Waals surface area contributed by atoms with Gasteiger partial charge in [0, 0.05) is 0 Å². The molecule has 0 radical (unpaired) electrons. The Balaban J connectivity index is 0.000000127. The highest BCUT2D eigenvalue weighted by Gasteiger charge is 1.72. The molecule has 12 heavy (non-hydrogen) atoms. The van der Waals surface area contributed by atoms with Crippen LogP contribution in [0.2, 0.25) is 0 Å². The van der Waals surface area contributed by atoms with Gasteiger partial charge in [-0.05, 0) is 13.3 Å². The van der Waals surface area contributed by atoms with Crippen LogP contribution in [0.5, 0.6) is 0 Å². The molecule has 0 amide bonds. The molecule has 0 unspecified atom stereocenters. The van der Waals surface area contributed by atoms with Gasteiger partial charge >= 0.3 is 0 Å². The minimum Gasteiger partial charge on any atom is -0.0808 e. The maximum atomic E-state index is 2.12. The molecule has 0 aromatic heterocycles. The predicted octanol–water partition coefficient (Wildman–Crippen LogP) is 3.50. The van der Waals surface area contributed by atoms with Crippen molar-refractivity contribution in [2.75, 3.05) is 0 Å². The van der Waals surface area contributed by atoms with Gasteiger partial charge in [-0.25, -0.2) is 0 Å². The van der Waals surface area contributed by atoms with Gasteiger partial charge in [0.05, 0.1) is 0 Å². The van der Waals surface area contributed by atoms with Crippen LogP contribution in [0, 0.1) is 6.92 Å². The lowest BCUT2D eigenvalue weighted by Gasteiger charge is -1.82. The van der Waals surface area contributed by atoms with Crippen molar-refractivity contribution in [1.29, 1.82) is 0 Å². The van der Waals surface area contributed by atoms with Crippen LogP contribution in [-0.2, 0) is 0 Å². The first-order valence-corrected chi connectivity index (χ1v) is 4.23. The van der Waals surface area contributed by atoms with Gasteiger partial charge in [-0.15, -0.1) is 0 Å². The molecule has 0 saturated carbocycles. The third kappa shape index (κ3) is 3.77. The van der Waals surface area contributed by atoms with E-state index in [0.717, 1.165) is 6.42 Å². The normalized spacial score (nSPS) is 12.4. The van der Waals surface area contributed by atoms with E-state index >= 15 is 0 Å². The molecule has 0 saturated heterocycles. The SMILES string of the molecule is C1=CCC=C1.Cc1ccccc1. The molecule has 0 nitrogen and oxygen atoms in total. The first-order valence-electron chi connectivity index (χ1n) is 4.23. The molecule has 0 spiro atoms. The first kappa shape index (κ1) is 8.79. The Hall–Kier alpha value is -1.30. The van der Waals surface area contributed by atoms with Crippen LogP contribution in [0.3, 0.4) is 0 Å². The second kappa shape index (κ2) is 5.36. The maximum Gasteiger partial charge on any atom is -0.0163 e. The van der Waals surface area contributed by atoms with Gasteiger partial charge in [0.25, 0.3) is 0 Å². The summed E-state index contributed by atoms with van der Waals surface area (Å²) in [7, 11) is 0. The van der Waals surface area contributed by atoms with Crippen LogP contribution in [0.4, 0.5) is 0 Å². The summed E-state index contributed by atoms with van der Waals surface area (Å²) in [6.07, 6.45) is 9.50. The zero-order valence-corrected chi connectivity index (χ0v) is 7.40. The van der Waals surface area contributed by atoms with Crippen molar-refractivity contribution in [3.05, 3.63) is 60.2 Å². The standard InChI is InChI=1S/C7H8.C5H6/c1-7-5-3-2-4-6-7;1-2-4-5-3-1/h2-6H,1H3;1-4H,5H2. The fraction of sp³-hybridized carbons (Fsp3) is 0.167. The average Bonchev–Trinajstić information content (AvgIpc) is 2.62. The minimum atomic E-state index is 1.14. The molecule has 2 rings (SSSR count). The van der Waals surface area contributed by atoms with Gasteiger partial charge in [0.2, 0.25) is 0 Å². The molecule has 1 aromatic carbocycles. The van der Waals surface area contributed by atoms with Crippen molar-refractivity contribution in [2.24, 2.45) is 0 Å². The Kier molecular flexibility index (Phi) is 3.93. The predicted molar refractivity (Wildman–Crippen MR) is 54.1 cm³/mol. The fourth-order valence-corrected chi connectivity index (χ4v) is 0.927. The van der Waals surface area contributed by atoms with Crippen LogP contribution in [0.1, 0.15) is 12.0 Å². The Bertz CT molecular complexity index is 245. The van der Waals surface area contributed by atoms with Crippen molar-refractivity contribution < 1.29 is 0 Å². The van der Waals surface area contributed by atoms with E-state index < -0.39 is 0 Å². The molecular formula is C12H14. The summed E-state index contributed by atoms with van der Waals surface area (Å²) < 4.78 is 0. The molecule has 0 heterocycles. The van der Waals surface area contributed by atoms with Crippen molar-refractivity contribution in [3.63, 3.8) is 0 Å². The highest BCUT2D eigenvalue weighted by Crippen LogP contribution is 1.93.